The van der Waals surface area contributed by atoms with E-state index >= 15 is 0 Å². The fourth-order valence-corrected chi connectivity index (χ4v) is 2.68. The summed E-state index contributed by atoms with van der Waals surface area (Å²) in [5, 5.41) is 2.53. The molecular weight excluding hydrogens is 329 g/mol. The number of nitrogens with one attached hydrogen (secondary N) is 1. The minimum absolute atomic E-state index is 0.0354. The Labute approximate surface area is 145 Å². The Morgan fingerprint density at radius 3 is 2.72 bits per heavy atom. The molecule has 0 radical (unpaired) electrons. The number of aryl methyl sites for hydroxylation is 1. The summed E-state index contributed by atoms with van der Waals surface area (Å²) >= 11 is 0. The summed E-state index contributed by atoms with van der Waals surface area (Å²) in [6, 6.07) is 3.91. The Balaban J connectivity index is 1.94. The smallest absolute Gasteiger partial charge is 0.325 e. The summed E-state index contributed by atoms with van der Waals surface area (Å²) in [7, 11) is 1.27. The molecule has 1 atom stereocenters. The molecule has 0 bridgehead atoms. The zero-order valence-electron chi connectivity index (χ0n) is 14.5. The van der Waals surface area contributed by atoms with Crippen molar-refractivity contribution in [2.45, 2.75) is 19.9 Å². The number of piperazine rings is 1. The van der Waals surface area contributed by atoms with Gasteiger partial charge in [0.05, 0.1) is 25.4 Å². The van der Waals surface area contributed by atoms with Gasteiger partial charge in [0.25, 0.3) is 0 Å². The van der Waals surface area contributed by atoms with Gasteiger partial charge in [-0.1, -0.05) is 6.07 Å². The van der Waals surface area contributed by atoms with Crippen molar-refractivity contribution in [2.24, 2.45) is 0 Å². The number of hydrogen-bond donors (Lipinski definition) is 1. The number of amides is 2. The second-order valence-electron chi connectivity index (χ2n) is 6.01. The van der Waals surface area contributed by atoms with E-state index in [1.165, 1.54) is 18.1 Å². The summed E-state index contributed by atoms with van der Waals surface area (Å²) in [4.78, 5) is 38.9. The number of ether oxygens (including phenoxy) is 1. The van der Waals surface area contributed by atoms with Crippen molar-refractivity contribution >= 4 is 23.5 Å². The molecule has 0 saturated carbocycles. The van der Waals surface area contributed by atoms with E-state index in [2.05, 4.69) is 10.1 Å². The topological polar surface area (TPSA) is 79.0 Å². The Morgan fingerprint density at radius 1 is 1.32 bits per heavy atom. The van der Waals surface area contributed by atoms with Crippen molar-refractivity contribution in [2.75, 3.05) is 38.6 Å². The predicted molar refractivity (Wildman–Crippen MR) is 89.4 cm³/mol. The second-order valence-corrected chi connectivity index (χ2v) is 6.01. The maximum atomic E-state index is 13.7. The molecule has 0 aromatic heterocycles. The highest BCUT2D eigenvalue weighted by molar-refractivity contribution is 5.93. The lowest BCUT2D eigenvalue weighted by Crippen LogP contribution is -2.58. The molecule has 2 amide bonds. The highest BCUT2D eigenvalue weighted by atomic mass is 19.1. The summed E-state index contributed by atoms with van der Waals surface area (Å²) < 4.78 is 18.3. The molecule has 136 valence electrons. The second kappa shape index (κ2) is 8.06. The summed E-state index contributed by atoms with van der Waals surface area (Å²) in [6.45, 7) is 4.10. The van der Waals surface area contributed by atoms with Gasteiger partial charge in [0.1, 0.15) is 12.4 Å². The summed E-state index contributed by atoms with van der Waals surface area (Å²) in [5.74, 6) is -1.63. The van der Waals surface area contributed by atoms with E-state index in [4.69, 9.17) is 0 Å². The molecule has 1 N–H and O–H groups in total. The Hall–Kier alpha value is -2.48. The molecule has 1 aliphatic rings. The number of carbonyl (C=O) groups excluding carboxylic acids is 3. The number of nitrogens with zero attached hydrogens (tertiary/aromatic N) is 2. The fraction of sp³-hybridized carbons (Fsp3) is 0.471. The molecule has 8 heteroatoms. The van der Waals surface area contributed by atoms with E-state index in [0.29, 0.717) is 13.1 Å². The van der Waals surface area contributed by atoms with Gasteiger partial charge in [-0.25, -0.2) is 4.39 Å². The minimum atomic E-state index is -0.550. The lowest BCUT2D eigenvalue weighted by Gasteiger charge is -2.38. The average molecular weight is 351 g/mol. The predicted octanol–water partition coefficient (Wildman–Crippen LogP) is 0.778. The van der Waals surface area contributed by atoms with Crippen molar-refractivity contribution < 1.29 is 23.5 Å². The van der Waals surface area contributed by atoms with Gasteiger partial charge in [0, 0.05) is 13.1 Å². The number of methoxy groups -OCH3 is 1. The van der Waals surface area contributed by atoms with Crippen molar-refractivity contribution in [3.63, 3.8) is 0 Å². The first-order chi connectivity index (χ1) is 11.8. The zero-order chi connectivity index (χ0) is 18.6. The number of carbonyl (C=O) groups is 3. The number of anilines is 1. The number of benzene rings is 1. The van der Waals surface area contributed by atoms with Crippen molar-refractivity contribution in [1.82, 2.24) is 9.80 Å². The lowest BCUT2D eigenvalue weighted by molar-refractivity contribution is -0.152. The third-order valence-corrected chi connectivity index (χ3v) is 4.16. The van der Waals surface area contributed by atoms with Crippen LogP contribution in [0.5, 0.6) is 0 Å². The monoisotopic (exact) mass is 351 g/mol. The fourth-order valence-electron chi connectivity index (χ4n) is 2.68. The minimum Gasteiger partial charge on any atom is -0.468 e. The summed E-state index contributed by atoms with van der Waals surface area (Å²) in [6.07, 6.45) is 0. The standard InChI is InChI=1S/C17H22FN3O4/c1-11-4-5-13(18)14(8-11)19-15(22)9-20-6-7-21(10-16(23)25-3)17(24)12(20)2/h4-5,8,12H,6-7,9-10H2,1-3H3,(H,19,22)/t12-/m1/s1. The molecule has 1 heterocycles. The van der Waals surface area contributed by atoms with Crippen LogP contribution < -0.4 is 5.32 Å². The maximum Gasteiger partial charge on any atom is 0.325 e. The maximum absolute atomic E-state index is 13.7. The van der Waals surface area contributed by atoms with E-state index in [1.54, 1.807) is 30.9 Å². The van der Waals surface area contributed by atoms with E-state index in [0.717, 1.165) is 5.56 Å². The van der Waals surface area contributed by atoms with Crippen molar-refractivity contribution in [1.29, 1.82) is 0 Å². The molecule has 1 fully saturated rings. The van der Waals surface area contributed by atoms with Gasteiger partial charge in [-0.05, 0) is 31.5 Å². The largest absolute Gasteiger partial charge is 0.468 e. The molecule has 25 heavy (non-hydrogen) atoms. The normalized spacial score (nSPS) is 18.2. The Morgan fingerprint density at radius 2 is 2.04 bits per heavy atom. The molecule has 7 nitrogen and oxygen atoms in total. The summed E-state index contributed by atoms with van der Waals surface area (Å²) in [5.41, 5.74) is 0.949. The van der Waals surface area contributed by atoms with Crippen LogP contribution in [0.2, 0.25) is 0 Å². The Kier molecular flexibility index (Phi) is 6.08. The third kappa shape index (κ3) is 4.76. The quantitative estimate of drug-likeness (QED) is 0.793. The third-order valence-electron chi connectivity index (χ3n) is 4.16. The van der Waals surface area contributed by atoms with Gasteiger partial charge in [-0.15, -0.1) is 0 Å². The van der Waals surface area contributed by atoms with Gasteiger partial charge < -0.3 is 15.0 Å². The number of halogens is 1. The van der Waals surface area contributed by atoms with Crippen LogP contribution in [0.1, 0.15) is 12.5 Å². The van der Waals surface area contributed by atoms with Gasteiger partial charge in [-0.2, -0.15) is 0 Å². The van der Waals surface area contributed by atoms with Crippen LogP contribution in [0, 0.1) is 12.7 Å². The average Bonchev–Trinajstić information content (AvgIpc) is 2.57. The highest BCUT2D eigenvalue weighted by Gasteiger charge is 2.33. The zero-order valence-corrected chi connectivity index (χ0v) is 14.5. The van der Waals surface area contributed by atoms with E-state index in [9.17, 15) is 18.8 Å². The van der Waals surface area contributed by atoms with Gasteiger partial charge in [-0.3, -0.25) is 19.3 Å². The van der Waals surface area contributed by atoms with Crippen LogP contribution >= 0.6 is 0 Å². The van der Waals surface area contributed by atoms with Crippen LogP contribution in [0.15, 0.2) is 18.2 Å². The Bertz CT molecular complexity index is 680. The molecule has 1 aromatic carbocycles. The molecule has 2 rings (SSSR count). The molecule has 1 aliphatic heterocycles. The lowest BCUT2D eigenvalue weighted by atomic mass is 10.1. The number of rotatable bonds is 5. The van der Waals surface area contributed by atoms with Gasteiger partial charge in [0.2, 0.25) is 11.8 Å². The first-order valence-corrected chi connectivity index (χ1v) is 7.97. The molecule has 0 aliphatic carbocycles. The van der Waals surface area contributed by atoms with E-state index < -0.39 is 23.7 Å². The molecular formula is C17H22FN3O4. The van der Waals surface area contributed by atoms with Crippen LogP contribution in [0.25, 0.3) is 0 Å². The van der Waals surface area contributed by atoms with Gasteiger partial charge >= 0.3 is 5.97 Å². The van der Waals surface area contributed by atoms with Crippen LogP contribution in [-0.4, -0.2) is 66.9 Å². The number of esters is 1. The molecule has 1 aromatic rings. The SMILES string of the molecule is COC(=O)CN1CCN(CC(=O)Nc2cc(C)ccc2F)[C@H](C)C1=O. The number of hydrogen-bond acceptors (Lipinski definition) is 5. The highest BCUT2D eigenvalue weighted by Crippen LogP contribution is 2.16. The van der Waals surface area contributed by atoms with Crippen LogP contribution in [0.3, 0.4) is 0 Å². The molecule has 0 unspecified atom stereocenters. The van der Waals surface area contributed by atoms with E-state index in [1.807, 2.05) is 0 Å². The molecule has 1 saturated heterocycles. The first-order valence-electron chi connectivity index (χ1n) is 7.97. The van der Waals surface area contributed by atoms with Crippen LogP contribution in [0.4, 0.5) is 10.1 Å². The first kappa shape index (κ1) is 18.9. The van der Waals surface area contributed by atoms with Crippen LogP contribution in [-0.2, 0) is 19.1 Å². The molecule has 0 spiro atoms. The van der Waals surface area contributed by atoms with Crippen molar-refractivity contribution in [3.05, 3.63) is 29.6 Å². The van der Waals surface area contributed by atoms with E-state index in [-0.39, 0.29) is 24.7 Å². The van der Waals surface area contributed by atoms with Crippen molar-refractivity contribution in [3.8, 4) is 0 Å². The van der Waals surface area contributed by atoms with Gasteiger partial charge in [0.15, 0.2) is 0 Å².